The predicted molar refractivity (Wildman–Crippen MR) is 121 cm³/mol. The van der Waals surface area contributed by atoms with E-state index in [4.69, 9.17) is 5.10 Å². The standard InChI is InChI=1S/C21H21FIN7O/c1-3-12-5-4-7-30-16(12)9-14(27-30)19-18-13(24-11-25-18)6-8-29(19)21(31)17-10-15(20(22)23)26-28(17)2/h4-5,7,9-11,19-20H,3,6,8H2,1-2H3,(H,24,25)/t19-,20?/m0/s1. The van der Waals surface area contributed by atoms with Crippen LogP contribution in [0.2, 0.25) is 0 Å². The molecule has 5 rings (SSSR count). The first-order chi connectivity index (χ1) is 15.0. The van der Waals surface area contributed by atoms with E-state index in [2.05, 4.69) is 28.1 Å². The second-order valence-electron chi connectivity index (χ2n) is 7.58. The Hall–Kier alpha value is -2.76. The number of aryl methyl sites for hydroxylation is 2. The first kappa shape index (κ1) is 20.2. The molecule has 0 fully saturated rings. The molecule has 0 spiro atoms. The van der Waals surface area contributed by atoms with Crippen LogP contribution < -0.4 is 0 Å². The topological polar surface area (TPSA) is 84.1 Å². The Balaban J connectivity index is 1.62. The number of nitrogens with zero attached hydrogens (tertiary/aromatic N) is 6. The quantitative estimate of drug-likeness (QED) is 0.322. The first-order valence-electron chi connectivity index (χ1n) is 10.1. The highest BCUT2D eigenvalue weighted by molar-refractivity contribution is 14.1. The third-order valence-electron chi connectivity index (χ3n) is 5.80. The number of fused-ring (bicyclic) bond motifs is 2. The van der Waals surface area contributed by atoms with Crippen LogP contribution in [0.25, 0.3) is 5.52 Å². The summed E-state index contributed by atoms with van der Waals surface area (Å²) in [6, 6.07) is 7.17. The van der Waals surface area contributed by atoms with Crippen molar-refractivity contribution in [1.82, 2.24) is 34.3 Å². The first-order valence-corrected chi connectivity index (χ1v) is 11.3. The van der Waals surface area contributed by atoms with Crippen LogP contribution in [0.15, 0.2) is 36.8 Å². The number of alkyl halides is 2. The van der Waals surface area contributed by atoms with Crippen molar-refractivity contribution in [1.29, 1.82) is 0 Å². The fourth-order valence-electron chi connectivity index (χ4n) is 4.26. The van der Waals surface area contributed by atoms with Gasteiger partial charge in [0.15, 0.2) is 4.18 Å². The molecule has 8 nitrogen and oxygen atoms in total. The van der Waals surface area contributed by atoms with Crippen LogP contribution in [0.4, 0.5) is 4.39 Å². The normalized spacial score (nSPS) is 17.2. The molecule has 0 aromatic carbocycles. The van der Waals surface area contributed by atoms with Crippen molar-refractivity contribution in [3.05, 3.63) is 70.8 Å². The van der Waals surface area contributed by atoms with Crippen LogP contribution in [0.5, 0.6) is 0 Å². The van der Waals surface area contributed by atoms with Gasteiger partial charge in [0.25, 0.3) is 5.91 Å². The predicted octanol–water partition coefficient (Wildman–Crippen LogP) is 3.54. The second kappa shape index (κ2) is 7.74. The number of pyridine rings is 1. The highest BCUT2D eigenvalue weighted by Crippen LogP contribution is 2.35. The van der Waals surface area contributed by atoms with Gasteiger partial charge < -0.3 is 9.88 Å². The van der Waals surface area contributed by atoms with Crippen molar-refractivity contribution in [3.63, 3.8) is 0 Å². The number of imidazole rings is 1. The van der Waals surface area contributed by atoms with Gasteiger partial charge in [0.05, 0.1) is 23.2 Å². The summed E-state index contributed by atoms with van der Waals surface area (Å²) < 4.78 is 15.8. The molecule has 10 heteroatoms. The maximum Gasteiger partial charge on any atom is 0.273 e. The van der Waals surface area contributed by atoms with E-state index < -0.39 is 10.2 Å². The summed E-state index contributed by atoms with van der Waals surface area (Å²) in [5, 5.41) is 8.95. The molecule has 1 aliphatic rings. The molecule has 5 heterocycles. The summed E-state index contributed by atoms with van der Waals surface area (Å²) >= 11 is 1.65. The van der Waals surface area contributed by atoms with Crippen molar-refractivity contribution >= 4 is 34.0 Å². The zero-order chi connectivity index (χ0) is 21.7. The van der Waals surface area contributed by atoms with Crippen LogP contribution in [0.1, 0.15) is 56.0 Å². The number of aromatic amines is 1. The summed E-state index contributed by atoms with van der Waals surface area (Å²) in [6.45, 7) is 2.60. The summed E-state index contributed by atoms with van der Waals surface area (Å²) in [5.41, 5.74) is 5.33. The third kappa shape index (κ3) is 3.33. The number of halogens is 2. The van der Waals surface area contributed by atoms with E-state index in [1.54, 1.807) is 40.9 Å². The van der Waals surface area contributed by atoms with Gasteiger partial charge in [-0.25, -0.2) is 13.9 Å². The summed E-state index contributed by atoms with van der Waals surface area (Å²) in [4.78, 5) is 23.1. The number of aromatic nitrogens is 6. The molecule has 2 atom stereocenters. The van der Waals surface area contributed by atoms with E-state index in [0.29, 0.717) is 18.7 Å². The maximum atomic E-state index is 13.8. The van der Waals surface area contributed by atoms with Crippen LogP contribution in [-0.2, 0) is 19.9 Å². The van der Waals surface area contributed by atoms with Crippen molar-refractivity contribution in [2.75, 3.05) is 6.54 Å². The highest BCUT2D eigenvalue weighted by atomic mass is 127. The zero-order valence-electron chi connectivity index (χ0n) is 17.1. The van der Waals surface area contributed by atoms with Gasteiger partial charge in [-0.05, 0) is 52.8 Å². The Morgan fingerprint density at radius 1 is 1.39 bits per heavy atom. The van der Waals surface area contributed by atoms with Gasteiger partial charge in [0, 0.05) is 31.9 Å². The maximum absolute atomic E-state index is 13.8. The molecule has 4 aromatic rings. The Bertz CT molecular complexity index is 1270. The minimum absolute atomic E-state index is 0.218. The second-order valence-corrected chi connectivity index (χ2v) is 8.68. The average molecular weight is 533 g/mol. The van der Waals surface area contributed by atoms with E-state index in [0.717, 1.165) is 29.0 Å². The molecule has 0 aliphatic carbocycles. The Morgan fingerprint density at radius 2 is 2.23 bits per heavy atom. The molecule has 0 radical (unpaired) electrons. The number of carbonyl (C=O) groups excluding carboxylic acids is 1. The lowest BCUT2D eigenvalue weighted by Crippen LogP contribution is -2.41. The van der Waals surface area contributed by atoms with E-state index in [-0.39, 0.29) is 11.6 Å². The Morgan fingerprint density at radius 3 is 2.97 bits per heavy atom. The molecule has 1 amide bonds. The Kier molecular flexibility index (Phi) is 5.03. The van der Waals surface area contributed by atoms with E-state index in [9.17, 15) is 9.18 Å². The number of hydrogen-bond donors (Lipinski definition) is 1. The van der Waals surface area contributed by atoms with Crippen molar-refractivity contribution < 1.29 is 9.18 Å². The summed E-state index contributed by atoms with van der Waals surface area (Å²) in [7, 11) is 1.66. The lowest BCUT2D eigenvalue weighted by atomic mass is 9.99. The van der Waals surface area contributed by atoms with Crippen LogP contribution in [0, 0.1) is 0 Å². The van der Waals surface area contributed by atoms with Crippen molar-refractivity contribution in [2.24, 2.45) is 7.05 Å². The summed E-state index contributed by atoms with van der Waals surface area (Å²) in [6.07, 6.45) is 5.11. The molecular formula is C21H21FIN7O. The third-order valence-corrected chi connectivity index (χ3v) is 6.43. The van der Waals surface area contributed by atoms with Gasteiger partial charge in [0.2, 0.25) is 0 Å². The molecule has 0 saturated heterocycles. The average Bonchev–Trinajstić information content (AvgIpc) is 3.49. The van der Waals surface area contributed by atoms with E-state index in [1.807, 2.05) is 22.8 Å². The zero-order valence-corrected chi connectivity index (χ0v) is 19.2. The number of carbonyl (C=O) groups is 1. The smallest absolute Gasteiger partial charge is 0.273 e. The van der Waals surface area contributed by atoms with Crippen molar-refractivity contribution in [3.8, 4) is 0 Å². The van der Waals surface area contributed by atoms with Gasteiger partial charge in [0.1, 0.15) is 17.4 Å². The lowest BCUT2D eigenvalue weighted by molar-refractivity contribution is 0.0675. The largest absolute Gasteiger partial charge is 0.348 e. The number of rotatable bonds is 4. The molecule has 4 aromatic heterocycles. The van der Waals surface area contributed by atoms with Crippen LogP contribution in [-0.4, -0.2) is 46.7 Å². The molecule has 1 aliphatic heterocycles. The van der Waals surface area contributed by atoms with Crippen LogP contribution in [0.3, 0.4) is 0 Å². The van der Waals surface area contributed by atoms with Crippen LogP contribution >= 0.6 is 22.6 Å². The van der Waals surface area contributed by atoms with Gasteiger partial charge in [-0.15, -0.1) is 0 Å². The minimum atomic E-state index is -1.27. The number of hydrogen-bond acceptors (Lipinski definition) is 4. The molecule has 1 unspecified atom stereocenters. The SMILES string of the molecule is CCc1cccn2nc([C@H]3c4nc[nH]c4CCN3C(=O)c3cc(C(F)I)nn3C)cc12. The van der Waals surface area contributed by atoms with Gasteiger partial charge >= 0.3 is 0 Å². The monoisotopic (exact) mass is 533 g/mol. The lowest BCUT2D eigenvalue weighted by Gasteiger charge is -2.33. The molecular weight excluding hydrogens is 512 g/mol. The number of nitrogens with one attached hydrogen (secondary N) is 1. The molecule has 31 heavy (non-hydrogen) atoms. The van der Waals surface area contributed by atoms with E-state index in [1.165, 1.54) is 16.3 Å². The molecule has 160 valence electrons. The minimum Gasteiger partial charge on any atom is -0.348 e. The van der Waals surface area contributed by atoms with Gasteiger partial charge in [-0.3, -0.25) is 9.48 Å². The number of amides is 1. The molecule has 0 bridgehead atoms. The van der Waals surface area contributed by atoms with Crippen molar-refractivity contribution in [2.45, 2.75) is 30.0 Å². The molecule has 0 saturated carbocycles. The fourth-order valence-corrected chi connectivity index (χ4v) is 4.57. The van der Waals surface area contributed by atoms with Gasteiger partial charge in [-0.1, -0.05) is 13.0 Å². The van der Waals surface area contributed by atoms with E-state index >= 15 is 0 Å². The molecule has 1 N–H and O–H groups in total. The van der Waals surface area contributed by atoms with Gasteiger partial charge in [-0.2, -0.15) is 10.2 Å². The highest BCUT2D eigenvalue weighted by Gasteiger charge is 2.37. The number of H-pyrrole nitrogens is 1. The fraction of sp³-hybridized carbons (Fsp3) is 0.333. The summed E-state index contributed by atoms with van der Waals surface area (Å²) in [5.74, 6) is -0.218. The Labute approximate surface area is 191 Å².